The predicted octanol–water partition coefficient (Wildman–Crippen LogP) is 4.35. The highest BCUT2D eigenvalue weighted by Crippen LogP contribution is 2.31. The lowest BCUT2D eigenvalue weighted by Gasteiger charge is -2.26. The molecule has 2 aromatic rings. The molecule has 1 unspecified atom stereocenters. The Morgan fingerprint density at radius 1 is 1.19 bits per heavy atom. The molecule has 0 aliphatic carbocycles. The summed E-state index contributed by atoms with van der Waals surface area (Å²) < 4.78 is 6.16. The van der Waals surface area contributed by atoms with Crippen molar-refractivity contribution in [1.29, 1.82) is 0 Å². The van der Waals surface area contributed by atoms with Crippen LogP contribution in [0.15, 0.2) is 47.5 Å². The van der Waals surface area contributed by atoms with Crippen molar-refractivity contribution in [1.82, 2.24) is 10.6 Å². The van der Waals surface area contributed by atoms with Crippen molar-refractivity contribution in [2.45, 2.75) is 59.1 Å². The second-order valence-electron chi connectivity index (χ2n) is 8.94. The number of anilines is 1. The average Bonchev–Trinajstić information content (AvgIpc) is 2.69. The molecule has 1 aliphatic heterocycles. The number of amides is 1. The van der Waals surface area contributed by atoms with Crippen molar-refractivity contribution in [3.63, 3.8) is 0 Å². The molecule has 0 fully saturated rings. The minimum absolute atomic E-state index is 0.0519. The maximum absolute atomic E-state index is 12.1. The highest BCUT2D eigenvalue weighted by atomic mass is 16.5. The minimum Gasteiger partial charge on any atom is -0.488 e. The summed E-state index contributed by atoms with van der Waals surface area (Å²) in [6.07, 6.45) is 0.463. The van der Waals surface area contributed by atoms with Crippen molar-refractivity contribution in [2.75, 3.05) is 18.4 Å². The summed E-state index contributed by atoms with van der Waals surface area (Å²) in [4.78, 5) is 16.9. The van der Waals surface area contributed by atoms with Gasteiger partial charge in [0, 0.05) is 36.7 Å². The van der Waals surface area contributed by atoms with Crippen LogP contribution in [0.3, 0.4) is 0 Å². The Morgan fingerprint density at radius 3 is 2.71 bits per heavy atom. The van der Waals surface area contributed by atoms with Crippen molar-refractivity contribution >= 4 is 17.6 Å². The molecular weight excluding hydrogens is 388 g/mol. The molecule has 6 nitrogen and oxygen atoms in total. The molecule has 31 heavy (non-hydrogen) atoms. The second kappa shape index (κ2) is 9.86. The maximum Gasteiger partial charge on any atom is 0.225 e. The summed E-state index contributed by atoms with van der Waals surface area (Å²) in [5.41, 5.74) is 3.98. The molecule has 6 heteroatoms. The number of fused-ring (bicyclic) bond motifs is 1. The fraction of sp³-hybridized carbons (Fsp3) is 0.440. The van der Waals surface area contributed by atoms with Crippen molar-refractivity contribution < 1.29 is 9.53 Å². The van der Waals surface area contributed by atoms with E-state index in [1.807, 2.05) is 45.9 Å². The summed E-state index contributed by atoms with van der Waals surface area (Å²) in [6.45, 7) is 12.1. The van der Waals surface area contributed by atoms with Crippen molar-refractivity contribution in [3.8, 4) is 5.75 Å². The summed E-state index contributed by atoms with van der Waals surface area (Å²) in [5.74, 6) is 1.75. The first-order chi connectivity index (χ1) is 14.7. The van der Waals surface area contributed by atoms with Gasteiger partial charge in [0.25, 0.3) is 0 Å². The van der Waals surface area contributed by atoms with E-state index in [0.717, 1.165) is 40.6 Å². The summed E-state index contributed by atoms with van der Waals surface area (Å²) in [5, 5.41) is 9.68. The number of aryl methyl sites for hydroxylation is 1. The smallest absolute Gasteiger partial charge is 0.225 e. The fourth-order valence-electron chi connectivity index (χ4n) is 3.63. The molecule has 1 atom stereocenters. The van der Waals surface area contributed by atoms with Crippen LogP contribution in [0.25, 0.3) is 0 Å². The Kier molecular flexibility index (Phi) is 7.21. The van der Waals surface area contributed by atoms with Gasteiger partial charge in [-0.25, -0.2) is 4.99 Å². The Labute approximate surface area is 185 Å². The molecule has 2 aromatic carbocycles. The number of guanidine groups is 1. The molecule has 0 spiro atoms. The number of benzene rings is 2. The van der Waals surface area contributed by atoms with Gasteiger partial charge in [0.1, 0.15) is 11.4 Å². The van der Waals surface area contributed by atoms with Crippen LogP contribution in [0.1, 0.15) is 56.7 Å². The second-order valence-corrected chi connectivity index (χ2v) is 8.94. The zero-order valence-corrected chi connectivity index (χ0v) is 19.2. The van der Waals surface area contributed by atoms with E-state index in [4.69, 9.17) is 9.73 Å². The molecule has 166 valence electrons. The van der Waals surface area contributed by atoms with E-state index in [0.29, 0.717) is 19.5 Å². The average molecular weight is 423 g/mol. The van der Waals surface area contributed by atoms with E-state index in [-0.39, 0.29) is 17.4 Å². The minimum atomic E-state index is -0.274. The van der Waals surface area contributed by atoms with Crippen molar-refractivity contribution in [2.24, 2.45) is 4.99 Å². The zero-order valence-electron chi connectivity index (χ0n) is 19.2. The molecule has 0 saturated carbocycles. The highest BCUT2D eigenvalue weighted by Gasteiger charge is 2.24. The van der Waals surface area contributed by atoms with Crippen molar-refractivity contribution in [3.05, 3.63) is 59.2 Å². The molecule has 3 rings (SSSR count). The first-order valence-electron chi connectivity index (χ1n) is 10.9. The van der Waals surface area contributed by atoms with E-state index >= 15 is 0 Å². The van der Waals surface area contributed by atoms with E-state index in [9.17, 15) is 4.79 Å². The van der Waals surface area contributed by atoms with Gasteiger partial charge >= 0.3 is 0 Å². The number of rotatable bonds is 6. The van der Waals surface area contributed by atoms with Gasteiger partial charge < -0.3 is 20.7 Å². The first kappa shape index (κ1) is 22.7. The lowest BCUT2D eigenvalue weighted by atomic mass is 9.90. The molecule has 0 saturated heterocycles. The Morgan fingerprint density at radius 2 is 1.97 bits per heavy atom. The van der Waals surface area contributed by atoms with Crippen LogP contribution in [-0.2, 0) is 11.3 Å². The normalized spacial score (nSPS) is 16.4. The Balaban J connectivity index is 1.73. The number of hydrogen-bond donors (Lipinski definition) is 3. The lowest BCUT2D eigenvalue weighted by Crippen LogP contribution is -2.40. The number of aliphatic imine (C=N–C) groups is 1. The highest BCUT2D eigenvalue weighted by molar-refractivity contribution is 5.94. The zero-order chi connectivity index (χ0) is 22.4. The summed E-state index contributed by atoms with van der Waals surface area (Å²) in [7, 11) is 0. The largest absolute Gasteiger partial charge is 0.488 e. The van der Waals surface area contributed by atoms with Crippen LogP contribution in [-0.4, -0.2) is 30.6 Å². The molecule has 1 heterocycles. The number of carbonyl (C=O) groups is 1. The molecule has 1 amide bonds. The fourth-order valence-corrected chi connectivity index (χ4v) is 3.63. The van der Waals surface area contributed by atoms with Gasteiger partial charge in [-0.1, -0.05) is 30.3 Å². The summed E-state index contributed by atoms with van der Waals surface area (Å²) in [6, 6.07) is 14.2. The number of nitrogens with one attached hydrogen (secondary N) is 3. The van der Waals surface area contributed by atoms with Gasteiger partial charge in [0.05, 0.1) is 6.54 Å². The number of ether oxygens (including phenoxy) is 1. The monoisotopic (exact) mass is 422 g/mol. The molecule has 0 radical (unpaired) electrons. The third-order valence-corrected chi connectivity index (χ3v) is 5.01. The van der Waals surface area contributed by atoms with Crippen LogP contribution >= 0.6 is 0 Å². The van der Waals surface area contributed by atoms with E-state index < -0.39 is 0 Å². The Hall–Kier alpha value is -3.02. The first-order valence-corrected chi connectivity index (χ1v) is 10.9. The van der Waals surface area contributed by atoms with Gasteiger partial charge in [-0.3, -0.25) is 4.79 Å². The van der Waals surface area contributed by atoms with Gasteiger partial charge in [0.2, 0.25) is 5.91 Å². The third-order valence-electron chi connectivity index (χ3n) is 5.01. The molecular formula is C25H34N4O2. The van der Waals surface area contributed by atoms with Gasteiger partial charge in [-0.05, 0) is 57.9 Å². The van der Waals surface area contributed by atoms with Crippen LogP contribution in [0, 0.1) is 6.92 Å². The lowest BCUT2D eigenvalue weighted by molar-refractivity contribution is -0.116. The van der Waals surface area contributed by atoms with Crippen LogP contribution in [0.2, 0.25) is 0 Å². The standard InChI is InChI=1S/C25H34N4O2/c1-6-26-24(27-15-18-12-11-17(2)13-22(18)31-25(3,4)5)28-16-19-14-23(30)29-21-10-8-7-9-20(19)21/h7-13,19H,6,14-16H2,1-5H3,(H,29,30)(H2,26,27,28). The van der Waals surface area contributed by atoms with Crippen LogP contribution in [0.5, 0.6) is 5.75 Å². The summed E-state index contributed by atoms with van der Waals surface area (Å²) >= 11 is 0. The van der Waals surface area contributed by atoms with Gasteiger partial charge in [-0.2, -0.15) is 0 Å². The number of carbonyl (C=O) groups excluding carboxylic acids is 1. The SMILES string of the molecule is CCNC(=NCc1ccc(C)cc1OC(C)(C)C)NCC1CC(=O)Nc2ccccc21. The van der Waals surface area contributed by atoms with Gasteiger partial charge in [-0.15, -0.1) is 0 Å². The number of para-hydroxylation sites is 1. The van der Waals surface area contributed by atoms with Gasteiger partial charge in [0.15, 0.2) is 5.96 Å². The number of nitrogens with zero attached hydrogens (tertiary/aromatic N) is 1. The predicted molar refractivity (Wildman–Crippen MR) is 127 cm³/mol. The molecule has 3 N–H and O–H groups in total. The molecule has 0 bridgehead atoms. The molecule has 0 aromatic heterocycles. The van der Waals surface area contributed by atoms with E-state index in [1.54, 1.807) is 0 Å². The Bertz CT molecular complexity index is 947. The molecule has 1 aliphatic rings. The van der Waals surface area contributed by atoms with Crippen LogP contribution in [0.4, 0.5) is 5.69 Å². The third kappa shape index (κ3) is 6.48. The topological polar surface area (TPSA) is 74.8 Å². The number of hydrogen-bond acceptors (Lipinski definition) is 3. The van der Waals surface area contributed by atoms with Crippen LogP contribution < -0.4 is 20.7 Å². The van der Waals surface area contributed by atoms with E-state index in [1.165, 1.54) is 0 Å². The van der Waals surface area contributed by atoms with E-state index in [2.05, 4.69) is 47.1 Å². The maximum atomic E-state index is 12.1. The quantitative estimate of drug-likeness (QED) is 0.478.